The molecule has 2 nitrogen and oxygen atoms in total. The molecule has 2 heteroatoms. The predicted octanol–water partition coefficient (Wildman–Crippen LogP) is 8.35. The van der Waals surface area contributed by atoms with Crippen LogP contribution in [0.4, 0.5) is 17.1 Å². The van der Waals surface area contributed by atoms with E-state index in [-0.39, 0.29) is 5.78 Å². The van der Waals surface area contributed by atoms with Crippen molar-refractivity contribution < 1.29 is 4.79 Å². The maximum Gasteiger partial charge on any atom is 0.163 e. The predicted molar refractivity (Wildman–Crippen MR) is 149 cm³/mol. The van der Waals surface area contributed by atoms with Crippen molar-refractivity contribution in [2.45, 2.75) is 24.7 Å². The number of fused-ring (bicyclic) bond motifs is 10. The first-order valence-electron chi connectivity index (χ1n) is 13.1. The molecule has 5 aromatic carbocycles. The van der Waals surface area contributed by atoms with Crippen LogP contribution >= 0.6 is 0 Å². The van der Waals surface area contributed by atoms with Gasteiger partial charge in [0.15, 0.2) is 5.78 Å². The van der Waals surface area contributed by atoms with Crippen LogP contribution in [0.3, 0.4) is 0 Å². The normalized spacial score (nSPS) is 16.0. The number of carbonyl (C=O) groups excluding carboxylic acids is 1. The Labute approximate surface area is 216 Å². The monoisotopic (exact) mass is 475 g/mol. The molecule has 0 saturated carbocycles. The molecular weight excluding hydrogens is 450 g/mol. The van der Waals surface area contributed by atoms with E-state index in [1.807, 2.05) is 0 Å². The quantitative estimate of drug-likeness (QED) is 0.238. The molecule has 3 aliphatic rings. The van der Waals surface area contributed by atoms with E-state index in [0.29, 0.717) is 6.42 Å². The highest BCUT2D eigenvalue weighted by Crippen LogP contribution is 2.63. The molecule has 1 heterocycles. The van der Waals surface area contributed by atoms with Crippen molar-refractivity contribution in [2.75, 3.05) is 4.90 Å². The summed E-state index contributed by atoms with van der Waals surface area (Å²) in [6.07, 6.45) is 2.56. The number of rotatable bonds is 1. The molecule has 0 N–H and O–H groups in total. The summed E-state index contributed by atoms with van der Waals surface area (Å²) in [6.45, 7) is 0. The van der Waals surface area contributed by atoms with Crippen LogP contribution in [0.25, 0.3) is 11.1 Å². The van der Waals surface area contributed by atoms with Gasteiger partial charge in [-0.1, -0.05) is 91.0 Å². The third kappa shape index (κ3) is 2.62. The van der Waals surface area contributed by atoms with Gasteiger partial charge in [0.05, 0.1) is 16.8 Å². The lowest BCUT2D eigenvalue weighted by Gasteiger charge is -2.45. The Hall–Kier alpha value is -4.43. The highest BCUT2D eigenvalue weighted by molar-refractivity contribution is 6.01. The van der Waals surface area contributed by atoms with Crippen LogP contribution < -0.4 is 4.90 Å². The van der Waals surface area contributed by atoms with Crippen molar-refractivity contribution in [1.29, 1.82) is 0 Å². The number of benzene rings is 5. The number of ketones is 1. The van der Waals surface area contributed by atoms with Gasteiger partial charge in [-0.25, -0.2) is 0 Å². The van der Waals surface area contributed by atoms with E-state index >= 15 is 0 Å². The number of hydrogen-bond donors (Lipinski definition) is 0. The molecule has 8 rings (SSSR count). The van der Waals surface area contributed by atoms with Crippen molar-refractivity contribution in [3.63, 3.8) is 0 Å². The maximum absolute atomic E-state index is 12.9. The van der Waals surface area contributed by atoms with E-state index in [1.165, 1.54) is 38.9 Å². The van der Waals surface area contributed by atoms with E-state index in [1.54, 1.807) is 0 Å². The first-order valence-corrected chi connectivity index (χ1v) is 13.1. The molecule has 0 fully saturated rings. The van der Waals surface area contributed by atoms with Crippen LogP contribution in [0.2, 0.25) is 0 Å². The second-order valence-electron chi connectivity index (χ2n) is 10.3. The number of hydrogen-bond acceptors (Lipinski definition) is 2. The fourth-order valence-corrected chi connectivity index (χ4v) is 7.10. The minimum Gasteiger partial charge on any atom is -0.310 e. The van der Waals surface area contributed by atoms with Crippen LogP contribution in [0.15, 0.2) is 115 Å². The van der Waals surface area contributed by atoms with Gasteiger partial charge in [0, 0.05) is 17.7 Å². The molecule has 0 radical (unpaired) electrons. The number of carbonyl (C=O) groups is 1. The molecule has 176 valence electrons. The van der Waals surface area contributed by atoms with E-state index in [0.717, 1.165) is 35.5 Å². The van der Waals surface area contributed by atoms with Crippen LogP contribution in [-0.4, -0.2) is 5.78 Å². The summed E-state index contributed by atoms with van der Waals surface area (Å²) in [5, 5.41) is 0. The third-order valence-corrected chi connectivity index (χ3v) is 8.55. The summed E-state index contributed by atoms with van der Waals surface area (Å²) >= 11 is 0. The zero-order valence-electron chi connectivity index (χ0n) is 20.4. The highest BCUT2D eigenvalue weighted by Gasteiger charge is 2.51. The Balaban J connectivity index is 1.47. The van der Waals surface area contributed by atoms with Gasteiger partial charge in [0.25, 0.3) is 0 Å². The van der Waals surface area contributed by atoms with Crippen molar-refractivity contribution >= 4 is 22.8 Å². The lowest BCUT2D eigenvalue weighted by atomic mass is 9.64. The third-order valence-electron chi connectivity index (χ3n) is 8.55. The summed E-state index contributed by atoms with van der Waals surface area (Å²) < 4.78 is 0. The summed E-state index contributed by atoms with van der Waals surface area (Å²) in [6, 6.07) is 41.9. The summed E-state index contributed by atoms with van der Waals surface area (Å²) in [4.78, 5) is 15.2. The Morgan fingerprint density at radius 1 is 0.541 bits per heavy atom. The first-order chi connectivity index (χ1) is 18.3. The van der Waals surface area contributed by atoms with Crippen LogP contribution in [0, 0.1) is 0 Å². The Kier molecular flexibility index (Phi) is 4.22. The Bertz CT molecular complexity index is 1650. The molecule has 0 saturated heterocycles. The molecule has 0 bridgehead atoms. The molecule has 0 amide bonds. The van der Waals surface area contributed by atoms with Crippen molar-refractivity contribution in [3.8, 4) is 11.1 Å². The standard InChI is InChI=1S/C35H25NO/c37-34-19-9-10-23-20-21-24(22-27(23)34)36-32-17-7-5-15-30(32)35(31-16-6-8-18-33(31)36)28-13-3-1-11-25(28)26-12-2-4-14-29(26)35/h1-8,11-18,20-22H,9-10,19H2. The average Bonchev–Trinajstić information content (AvgIpc) is 3.25. The molecule has 37 heavy (non-hydrogen) atoms. The van der Waals surface area contributed by atoms with Gasteiger partial charge in [0.1, 0.15) is 0 Å². The lowest BCUT2D eigenvalue weighted by Crippen LogP contribution is -2.36. The van der Waals surface area contributed by atoms with Crippen molar-refractivity contribution in [3.05, 3.63) is 149 Å². The zero-order chi connectivity index (χ0) is 24.6. The largest absolute Gasteiger partial charge is 0.310 e. The smallest absolute Gasteiger partial charge is 0.163 e. The topological polar surface area (TPSA) is 20.3 Å². The number of para-hydroxylation sites is 2. The van der Waals surface area contributed by atoms with Gasteiger partial charge < -0.3 is 4.90 Å². The van der Waals surface area contributed by atoms with Gasteiger partial charge in [-0.15, -0.1) is 0 Å². The fourth-order valence-electron chi connectivity index (χ4n) is 7.10. The van der Waals surface area contributed by atoms with Crippen molar-refractivity contribution in [2.24, 2.45) is 0 Å². The number of Topliss-reactive ketones (excluding diaryl/α,β-unsaturated/α-hetero) is 1. The molecular formula is C35H25NO. The van der Waals surface area contributed by atoms with E-state index < -0.39 is 5.41 Å². The summed E-state index contributed by atoms with van der Waals surface area (Å²) in [5.74, 6) is 0.261. The molecule has 2 aliphatic carbocycles. The molecule has 1 spiro atoms. The van der Waals surface area contributed by atoms with Crippen LogP contribution in [0.1, 0.15) is 51.0 Å². The van der Waals surface area contributed by atoms with Gasteiger partial charge in [0.2, 0.25) is 0 Å². The molecule has 0 aromatic heterocycles. The lowest BCUT2D eigenvalue weighted by molar-refractivity contribution is 0.0972. The van der Waals surface area contributed by atoms with Gasteiger partial charge in [-0.05, 0) is 76.1 Å². The first kappa shape index (κ1) is 20.7. The SMILES string of the molecule is O=C1CCCc2ccc(N3c4ccccc4C4(c5ccccc5-c5ccccc54)c4ccccc43)cc21. The average molecular weight is 476 g/mol. The summed E-state index contributed by atoms with van der Waals surface area (Å²) in [7, 11) is 0. The maximum atomic E-state index is 12.9. The van der Waals surface area contributed by atoms with Gasteiger partial charge in [-0.3, -0.25) is 4.79 Å². The molecule has 0 unspecified atom stereocenters. The molecule has 0 atom stereocenters. The Morgan fingerprint density at radius 2 is 1.08 bits per heavy atom. The minimum absolute atomic E-state index is 0.261. The number of nitrogens with zero attached hydrogens (tertiary/aromatic N) is 1. The molecule has 1 aliphatic heterocycles. The second kappa shape index (κ2) is 7.54. The van der Waals surface area contributed by atoms with E-state index in [2.05, 4.69) is 120 Å². The highest BCUT2D eigenvalue weighted by atomic mass is 16.1. The fraction of sp³-hybridized carbons (Fsp3) is 0.114. The van der Waals surface area contributed by atoms with E-state index in [4.69, 9.17) is 0 Å². The van der Waals surface area contributed by atoms with Crippen molar-refractivity contribution in [1.82, 2.24) is 0 Å². The zero-order valence-corrected chi connectivity index (χ0v) is 20.4. The van der Waals surface area contributed by atoms with Gasteiger partial charge >= 0.3 is 0 Å². The minimum atomic E-state index is -0.402. The van der Waals surface area contributed by atoms with E-state index in [9.17, 15) is 4.79 Å². The molecule has 5 aromatic rings. The number of aryl methyl sites for hydroxylation is 1. The Morgan fingerprint density at radius 3 is 1.70 bits per heavy atom. The van der Waals surface area contributed by atoms with Gasteiger partial charge in [-0.2, -0.15) is 0 Å². The number of anilines is 3. The van der Waals surface area contributed by atoms with Crippen LogP contribution in [0.5, 0.6) is 0 Å². The summed E-state index contributed by atoms with van der Waals surface area (Å²) in [5.41, 5.74) is 12.8. The van der Waals surface area contributed by atoms with Crippen LogP contribution in [-0.2, 0) is 11.8 Å². The second-order valence-corrected chi connectivity index (χ2v) is 10.3.